The number of hydrogen-bond donors (Lipinski definition) is 1. The quantitative estimate of drug-likeness (QED) is 0.853. The van der Waals surface area contributed by atoms with Crippen LogP contribution >= 0.6 is 0 Å². The molecule has 1 aromatic heterocycles. The van der Waals surface area contributed by atoms with Crippen molar-refractivity contribution in [3.05, 3.63) is 30.1 Å². The third-order valence-electron chi connectivity index (χ3n) is 3.45. The number of aryl methyl sites for hydroxylation is 1. The van der Waals surface area contributed by atoms with Gasteiger partial charge in [-0.1, -0.05) is 6.07 Å². The van der Waals surface area contributed by atoms with Crippen LogP contribution in [-0.4, -0.2) is 22.1 Å². The summed E-state index contributed by atoms with van der Waals surface area (Å²) in [6, 6.07) is 7.44. The molecule has 0 radical (unpaired) electrons. The molecule has 90 valence electrons. The molecule has 17 heavy (non-hydrogen) atoms. The minimum atomic E-state index is 0.804. The fourth-order valence-electron chi connectivity index (χ4n) is 2.22. The molecule has 0 atom stereocenters. The van der Waals surface area contributed by atoms with Gasteiger partial charge in [0.1, 0.15) is 0 Å². The molecule has 0 unspecified atom stereocenters. The highest BCUT2D eigenvalue weighted by Gasteiger charge is 2.19. The van der Waals surface area contributed by atoms with Crippen molar-refractivity contribution in [1.82, 2.24) is 14.9 Å². The molecule has 1 heterocycles. The Hall–Kier alpha value is -1.35. The highest BCUT2D eigenvalue weighted by Crippen LogP contribution is 2.19. The maximum Gasteiger partial charge on any atom is 0.0958 e. The van der Waals surface area contributed by atoms with Crippen LogP contribution in [0.3, 0.4) is 0 Å². The van der Waals surface area contributed by atoms with E-state index in [1.807, 2.05) is 6.33 Å². The van der Waals surface area contributed by atoms with Gasteiger partial charge in [-0.25, -0.2) is 4.98 Å². The Morgan fingerprint density at radius 1 is 1.41 bits per heavy atom. The molecule has 1 N–H and O–H groups in total. The number of aromatic nitrogens is 2. The van der Waals surface area contributed by atoms with Crippen molar-refractivity contribution >= 4 is 11.0 Å². The van der Waals surface area contributed by atoms with Gasteiger partial charge in [-0.2, -0.15) is 0 Å². The number of fused-ring (bicyclic) bond motifs is 1. The highest BCUT2D eigenvalue weighted by atomic mass is 15.0. The van der Waals surface area contributed by atoms with Gasteiger partial charge in [0, 0.05) is 12.6 Å². The molecule has 0 spiro atoms. The molecule has 3 rings (SSSR count). The maximum atomic E-state index is 4.45. The molecule has 0 saturated heterocycles. The molecule has 1 aliphatic carbocycles. The van der Waals surface area contributed by atoms with E-state index in [9.17, 15) is 0 Å². The Balaban J connectivity index is 1.71. The first-order valence-corrected chi connectivity index (χ1v) is 6.54. The number of imidazole rings is 1. The monoisotopic (exact) mass is 229 g/mol. The Labute approximate surface area is 102 Å². The summed E-state index contributed by atoms with van der Waals surface area (Å²) in [5.74, 6) is 0. The molecule has 1 saturated carbocycles. The summed E-state index contributed by atoms with van der Waals surface area (Å²) in [4.78, 5) is 4.45. The number of nitrogens with one attached hydrogen (secondary N) is 1. The zero-order valence-electron chi connectivity index (χ0n) is 10.3. The van der Waals surface area contributed by atoms with E-state index in [4.69, 9.17) is 0 Å². The fourth-order valence-corrected chi connectivity index (χ4v) is 2.22. The van der Waals surface area contributed by atoms with Gasteiger partial charge in [0.15, 0.2) is 0 Å². The van der Waals surface area contributed by atoms with Crippen LogP contribution in [0.25, 0.3) is 11.0 Å². The van der Waals surface area contributed by atoms with Gasteiger partial charge in [-0.3, -0.25) is 0 Å². The highest BCUT2D eigenvalue weighted by molar-refractivity contribution is 5.76. The van der Waals surface area contributed by atoms with Crippen molar-refractivity contribution in [2.24, 2.45) is 0 Å². The van der Waals surface area contributed by atoms with E-state index in [-0.39, 0.29) is 0 Å². The average Bonchev–Trinajstić information content (AvgIpc) is 3.08. The zero-order valence-corrected chi connectivity index (χ0v) is 10.3. The van der Waals surface area contributed by atoms with Gasteiger partial charge >= 0.3 is 0 Å². The van der Waals surface area contributed by atoms with Crippen LogP contribution in [0, 0.1) is 0 Å². The molecular formula is C14H19N3. The van der Waals surface area contributed by atoms with Gasteiger partial charge in [0.25, 0.3) is 0 Å². The lowest BCUT2D eigenvalue weighted by Crippen LogP contribution is -2.19. The van der Waals surface area contributed by atoms with E-state index in [0.29, 0.717) is 0 Å². The predicted octanol–water partition coefficient (Wildman–Crippen LogP) is 2.35. The third-order valence-corrected chi connectivity index (χ3v) is 3.45. The lowest BCUT2D eigenvalue weighted by Gasteiger charge is -2.04. The molecule has 0 bridgehead atoms. The summed E-state index contributed by atoms with van der Waals surface area (Å²) in [5.41, 5.74) is 3.74. The van der Waals surface area contributed by atoms with Crippen LogP contribution in [0.2, 0.25) is 0 Å². The van der Waals surface area contributed by atoms with Gasteiger partial charge in [0.2, 0.25) is 0 Å². The lowest BCUT2D eigenvalue weighted by atomic mass is 10.1. The smallest absolute Gasteiger partial charge is 0.0958 e. The van der Waals surface area contributed by atoms with Crippen LogP contribution in [0.15, 0.2) is 24.5 Å². The van der Waals surface area contributed by atoms with Crippen LogP contribution in [0.5, 0.6) is 0 Å². The van der Waals surface area contributed by atoms with Crippen molar-refractivity contribution in [3.8, 4) is 0 Å². The van der Waals surface area contributed by atoms with E-state index in [2.05, 4.69) is 40.0 Å². The second kappa shape index (κ2) is 4.49. The zero-order chi connectivity index (χ0) is 11.7. The number of hydrogen-bond acceptors (Lipinski definition) is 2. The summed E-state index contributed by atoms with van der Waals surface area (Å²) >= 11 is 0. The SMILES string of the molecule is CCn1cnc2cc(CCNC3CC3)ccc21. The van der Waals surface area contributed by atoms with Crippen molar-refractivity contribution in [2.75, 3.05) is 6.54 Å². The lowest BCUT2D eigenvalue weighted by molar-refractivity contribution is 0.682. The standard InChI is InChI=1S/C14H19N3/c1-2-17-10-16-13-9-11(3-6-14(13)17)7-8-15-12-4-5-12/h3,6,9-10,12,15H,2,4-5,7-8H2,1H3. The van der Waals surface area contributed by atoms with Gasteiger partial charge in [-0.05, 0) is 50.4 Å². The second-order valence-corrected chi connectivity index (χ2v) is 4.83. The van der Waals surface area contributed by atoms with Crippen molar-refractivity contribution < 1.29 is 0 Å². The fraction of sp³-hybridized carbons (Fsp3) is 0.500. The van der Waals surface area contributed by atoms with E-state index >= 15 is 0 Å². The summed E-state index contributed by atoms with van der Waals surface area (Å²) in [6.45, 7) is 4.22. The molecule has 1 fully saturated rings. The summed E-state index contributed by atoms with van der Waals surface area (Å²) in [5, 5.41) is 3.54. The molecule has 1 aromatic carbocycles. The molecule has 1 aliphatic rings. The Kier molecular flexibility index (Phi) is 2.85. The molecule has 0 aliphatic heterocycles. The number of rotatable bonds is 5. The second-order valence-electron chi connectivity index (χ2n) is 4.83. The van der Waals surface area contributed by atoms with Crippen LogP contribution < -0.4 is 5.32 Å². The van der Waals surface area contributed by atoms with E-state index in [1.54, 1.807) is 0 Å². The van der Waals surface area contributed by atoms with Gasteiger partial charge in [0.05, 0.1) is 17.4 Å². The minimum absolute atomic E-state index is 0.804. The van der Waals surface area contributed by atoms with Gasteiger partial charge < -0.3 is 9.88 Å². The van der Waals surface area contributed by atoms with E-state index in [1.165, 1.54) is 23.9 Å². The molecule has 2 aromatic rings. The number of nitrogens with zero attached hydrogens (tertiary/aromatic N) is 2. The van der Waals surface area contributed by atoms with Crippen molar-refractivity contribution in [2.45, 2.75) is 38.8 Å². The summed E-state index contributed by atoms with van der Waals surface area (Å²) in [7, 11) is 0. The first-order valence-electron chi connectivity index (χ1n) is 6.54. The number of benzene rings is 1. The van der Waals surface area contributed by atoms with Crippen LogP contribution in [0.4, 0.5) is 0 Å². The first-order chi connectivity index (χ1) is 8.36. The van der Waals surface area contributed by atoms with E-state index < -0.39 is 0 Å². The first kappa shape index (κ1) is 10.8. The normalized spacial score (nSPS) is 15.6. The molecular weight excluding hydrogens is 210 g/mol. The summed E-state index contributed by atoms with van der Waals surface area (Å²) < 4.78 is 2.18. The topological polar surface area (TPSA) is 29.9 Å². The van der Waals surface area contributed by atoms with E-state index in [0.717, 1.165) is 31.1 Å². The van der Waals surface area contributed by atoms with Crippen LogP contribution in [0.1, 0.15) is 25.3 Å². The summed E-state index contributed by atoms with van der Waals surface area (Å²) in [6.07, 6.45) is 5.75. The van der Waals surface area contributed by atoms with Crippen molar-refractivity contribution in [3.63, 3.8) is 0 Å². The van der Waals surface area contributed by atoms with Gasteiger partial charge in [-0.15, -0.1) is 0 Å². The third kappa shape index (κ3) is 2.34. The Morgan fingerprint density at radius 2 is 2.29 bits per heavy atom. The van der Waals surface area contributed by atoms with Crippen LogP contribution in [-0.2, 0) is 13.0 Å². The Bertz CT molecular complexity index is 511. The average molecular weight is 229 g/mol. The predicted molar refractivity (Wildman–Crippen MR) is 70.1 cm³/mol. The molecule has 0 amide bonds. The largest absolute Gasteiger partial charge is 0.331 e. The minimum Gasteiger partial charge on any atom is -0.331 e. The van der Waals surface area contributed by atoms with Crippen molar-refractivity contribution in [1.29, 1.82) is 0 Å². The molecule has 3 heteroatoms. The molecule has 3 nitrogen and oxygen atoms in total. The Morgan fingerprint density at radius 3 is 3.06 bits per heavy atom. The maximum absolute atomic E-state index is 4.45.